The third-order valence-electron chi connectivity index (χ3n) is 5.83. The monoisotopic (exact) mass is 452 g/mol. The van der Waals surface area contributed by atoms with Crippen LogP contribution < -0.4 is 5.32 Å². The number of piperazine rings is 1. The van der Waals surface area contributed by atoms with Gasteiger partial charge in [-0.3, -0.25) is 9.80 Å². The summed E-state index contributed by atoms with van der Waals surface area (Å²) in [4.78, 5) is 9.28. The molecule has 5 rings (SSSR count). The van der Waals surface area contributed by atoms with Gasteiger partial charge < -0.3 is 9.84 Å². The SMILES string of the molecule is CC(c1nc(-c2ccccc2)no1)N1CCN(CC2=NS(=O)(=O)c3ccccc3N2)CC1. The molecule has 1 unspecified atom stereocenters. The molecule has 3 heterocycles. The Morgan fingerprint density at radius 2 is 1.75 bits per heavy atom. The number of amidine groups is 1. The van der Waals surface area contributed by atoms with Gasteiger partial charge in [0.1, 0.15) is 10.7 Å². The lowest BCUT2D eigenvalue weighted by Crippen LogP contribution is -2.49. The van der Waals surface area contributed by atoms with Crippen molar-refractivity contribution in [2.24, 2.45) is 4.40 Å². The molecule has 2 aliphatic heterocycles. The Bertz CT molecular complexity index is 1230. The Kier molecular flexibility index (Phi) is 5.50. The summed E-state index contributed by atoms with van der Waals surface area (Å²) < 4.78 is 34.4. The third kappa shape index (κ3) is 4.16. The zero-order valence-electron chi connectivity index (χ0n) is 17.7. The molecule has 1 saturated heterocycles. The number of nitrogens with zero attached hydrogens (tertiary/aromatic N) is 5. The average Bonchev–Trinajstić information content (AvgIpc) is 3.30. The fourth-order valence-corrected chi connectivity index (χ4v) is 5.16. The summed E-state index contributed by atoms with van der Waals surface area (Å²) in [5.74, 6) is 1.64. The molecular formula is C22H24N6O3S. The Morgan fingerprint density at radius 1 is 1.03 bits per heavy atom. The fourth-order valence-electron chi connectivity index (χ4n) is 4.02. The van der Waals surface area contributed by atoms with Crippen molar-refractivity contribution in [2.75, 3.05) is 38.0 Å². The molecule has 166 valence electrons. The van der Waals surface area contributed by atoms with E-state index in [1.807, 2.05) is 36.4 Å². The molecule has 1 N–H and O–H groups in total. The van der Waals surface area contributed by atoms with Crippen LogP contribution in [0.5, 0.6) is 0 Å². The van der Waals surface area contributed by atoms with E-state index in [2.05, 4.69) is 36.6 Å². The number of hydrogen-bond donors (Lipinski definition) is 1. The number of nitrogens with one attached hydrogen (secondary N) is 1. The summed E-state index contributed by atoms with van der Waals surface area (Å²) in [6, 6.07) is 16.6. The van der Waals surface area contributed by atoms with Crippen LogP contribution in [0.3, 0.4) is 0 Å². The summed E-state index contributed by atoms with van der Waals surface area (Å²) in [7, 11) is -3.66. The van der Waals surface area contributed by atoms with Gasteiger partial charge in [0.25, 0.3) is 10.0 Å². The van der Waals surface area contributed by atoms with Gasteiger partial charge in [-0.1, -0.05) is 47.6 Å². The number of para-hydroxylation sites is 1. The van der Waals surface area contributed by atoms with Crippen molar-refractivity contribution in [1.82, 2.24) is 19.9 Å². The lowest BCUT2D eigenvalue weighted by Gasteiger charge is -2.37. The van der Waals surface area contributed by atoms with Crippen LogP contribution in [0.15, 0.2) is 68.4 Å². The predicted octanol–water partition coefficient (Wildman–Crippen LogP) is 2.63. The zero-order valence-corrected chi connectivity index (χ0v) is 18.5. The van der Waals surface area contributed by atoms with Gasteiger partial charge in [-0.05, 0) is 19.1 Å². The Morgan fingerprint density at radius 3 is 2.53 bits per heavy atom. The van der Waals surface area contributed by atoms with Crippen molar-refractivity contribution in [3.05, 3.63) is 60.5 Å². The highest BCUT2D eigenvalue weighted by molar-refractivity contribution is 7.90. The van der Waals surface area contributed by atoms with Gasteiger partial charge in [0.05, 0.1) is 18.3 Å². The number of rotatable bonds is 5. The highest BCUT2D eigenvalue weighted by Gasteiger charge is 2.29. The molecule has 0 radical (unpaired) electrons. The van der Waals surface area contributed by atoms with Crippen LogP contribution in [0.1, 0.15) is 18.9 Å². The molecule has 0 spiro atoms. The van der Waals surface area contributed by atoms with Crippen LogP contribution in [0.2, 0.25) is 0 Å². The number of hydrogen-bond acceptors (Lipinski definition) is 8. The molecular weight excluding hydrogens is 428 g/mol. The number of anilines is 1. The first-order valence-corrected chi connectivity index (χ1v) is 12.0. The molecule has 0 aliphatic carbocycles. The molecule has 3 aromatic rings. The van der Waals surface area contributed by atoms with E-state index in [0.717, 1.165) is 31.7 Å². The molecule has 1 atom stereocenters. The first-order chi connectivity index (χ1) is 15.5. The van der Waals surface area contributed by atoms with Crippen LogP contribution in [0.4, 0.5) is 5.69 Å². The number of benzene rings is 2. The smallest absolute Gasteiger partial charge is 0.286 e. The van der Waals surface area contributed by atoms with Crippen LogP contribution in [0, 0.1) is 0 Å². The maximum Gasteiger partial charge on any atom is 0.286 e. The van der Waals surface area contributed by atoms with E-state index in [0.29, 0.717) is 29.8 Å². The number of sulfonamides is 1. The summed E-state index contributed by atoms with van der Waals surface area (Å²) in [6.45, 7) is 5.70. The molecule has 9 nitrogen and oxygen atoms in total. The second kappa shape index (κ2) is 8.45. The first kappa shape index (κ1) is 20.8. The molecule has 1 fully saturated rings. The van der Waals surface area contributed by atoms with Crippen molar-refractivity contribution in [1.29, 1.82) is 0 Å². The van der Waals surface area contributed by atoms with E-state index >= 15 is 0 Å². The molecule has 1 aromatic heterocycles. The highest BCUT2D eigenvalue weighted by Crippen LogP contribution is 2.27. The molecule has 32 heavy (non-hydrogen) atoms. The lowest BCUT2D eigenvalue weighted by atomic mass is 10.2. The average molecular weight is 453 g/mol. The Hall–Kier alpha value is -3.08. The molecule has 0 amide bonds. The van der Waals surface area contributed by atoms with Crippen LogP contribution in [0.25, 0.3) is 11.4 Å². The molecule has 0 bridgehead atoms. The van der Waals surface area contributed by atoms with Gasteiger partial charge in [0, 0.05) is 31.7 Å². The van der Waals surface area contributed by atoms with Crippen LogP contribution >= 0.6 is 0 Å². The van der Waals surface area contributed by atoms with E-state index in [9.17, 15) is 8.42 Å². The minimum absolute atomic E-state index is 0.000451. The highest BCUT2D eigenvalue weighted by atomic mass is 32.2. The van der Waals surface area contributed by atoms with Crippen molar-refractivity contribution < 1.29 is 12.9 Å². The number of fused-ring (bicyclic) bond motifs is 1. The standard InChI is InChI=1S/C22H24N6O3S/c1-16(22-24-21(25-31-22)17-7-3-2-4-8-17)28-13-11-27(12-14-28)15-20-23-18-9-5-6-10-19(18)32(29,30)26-20/h2-10,16H,11-15H2,1H3,(H,23,26). The van der Waals surface area contributed by atoms with E-state index < -0.39 is 10.0 Å². The van der Waals surface area contributed by atoms with Crippen molar-refractivity contribution >= 4 is 21.5 Å². The molecule has 10 heteroatoms. The van der Waals surface area contributed by atoms with Gasteiger partial charge in [0.15, 0.2) is 0 Å². The normalized spacial score (nSPS) is 19.6. The molecule has 0 saturated carbocycles. The van der Waals surface area contributed by atoms with Crippen molar-refractivity contribution in [3.63, 3.8) is 0 Å². The van der Waals surface area contributed by atoms with Gasteiger partial charge in [0.2, 0.25) is 11.7 Å². The third-order valence-corrected chi connectivity index (χ3v) is 7.21. The first-order valence-electron chi connectivity index (χ1n) is 10.5. The van der Waals surface area contributed by atoms with Crippen LogP contribution in [-0.4, -0.2) is 66.9 Å². The van der Waals surface area contributed by atoms with E-state index in [1.165, 1.54) is 0 Å². The summed E-state index contributed by atoms with van der Waals surface area (Å²) >= 11 is 0. The molecule has 2 aromatic carbocycles. The zero-order chi connectivity index (χ0) is 22.1. The van der Waals surface area contributed by atoms with Gasteiger partial charge in [-0.25, -0.2) is 0 Å². The predicted molar refractivity (Wildman–Crippen MR) is 121 cm³/mol. The summed E-state index contributed by atoms with van der Waals surface area (Å²) in [6.07, 6.45) is 0. The fraction of sp³-hybridized carbons (Fsp3) is 0.318. The minimum Gasteiger partial charge on any atom is -0.341 e. The van der Waals surface area contributed by atoms with E-state index in [1.54, 1.807) is 18.2 Å². The maximum absolute atomic E-state index is 12.5. The topological polar surface area (TPSA) is 104 Å². The van der Waals surface area contributed by atoms with E-state index in [4.69, 9.17) is 4.52 Å². The van der Waals surface area contributed by atoms with Crippen LogP contribution in [-0.2, 0) is 10.0 Å². The number of aromatic nitrogens is 2. The summed E-state index contributed by atoms with van der Waals surface area (Å²) in [5, 5.41) is 7.28. The van der Waals surface area contributed by atoms with Gasteiger partial charge in [-0.15, -0.1) is 4.40 Å². The summed E-state index contributed by atoms with van der Waals surface area (Å²) in [5.41, 5.74) is 1.51. The van der Waals surface area contributed by atoms with Crippen molar-refractivity contribution in [3.8, 4) is 11.4 Å². The minimum atomic E-state index is -3.66. The maximum atomic E-state index is 12.5. The lowest BCUT2D eigenvalue weighted by molar-refractivity contribution is 0.0967. The quantitative estimate of drug-likeness (QED) is 0.630. The van der Waals surface area contributed by atoms with Gasteiger partial charge >= 0.3 is 0 Å². The Balaban J connectivity index is 1.20. The second-order valence-electron chi connectivity index (χ2n) is 7.94. The molecule has 2 aliphatic rings. The Labute approximate surface area is 186 Å². The van der Waals surface area contributed by atoms with Gasteiger partial charge in [-0.2, -0.15) is 13.4 Å². The second-order valence-corrected chi connectivity index (χ2v) is 9.52. The van der Waals surface area contributed by atoms with Crippen molar-refractivity contribution in [2.45, 2.75) is 17.9 Å². The largest absolute Gasteiger partial charge is 0.341 e. The van der Waals surface area contributed by atoms with E-state index in [-0.39, 0.29) is 10.9 Å².